The normalized spacial score (nSPS) is 11.1. The van der Waals surface area contributed by atoms with Crippen LogP contribution in [-0.2, 0) is 0 Å². The average molecular weight is 310 g/mol. The van der Waals surface area contributed by atoms with E-state index in [0.29, 0.717) is 0 Å². The van der Waals surface area contributed by atoms with Crippen molar-refractivity contribution in [1.29, 1.82) is 0 Å². The molecule has 4 aromatic carbocycles. The van der Waals surface area contributed by atoms with Gasteiger partial charge in [-0.25, -0.2) is 0 Å². The molecule has 1 nitrogen and oxygen atoms in total. The van der Waals surface area contributed by atoms with E-state index < -0.39 is 0 Å². The Bertz CT molecular complexity index is 1000. The fourth-order valence-corrected chi connectivity index (χ4v) is 3.44. The lowest BCUT2D eigenvalue weighted by Gasteiger charge is -2.11. The molecule has 0 fully saturated rings. The molecule has 4 aromatic rings. The molecule has 0 aromatic heterocycles. The zero-order valence-corrected chi connectivity index (χ0v) is 13.8. The Labute approximate surface area is 141 Å². The molecular weight excluding hydrogens is 292 g/mol. The number of ketones is 1. The molecule has 0 saturated carbocycles. The highest BCUT2D eigenvalue weighted by Gasteiger charge is 2.16. The van der Waals surface area contributed by atoms with Crippen molar-refractivity contribution >= 4 is 27.3 Å². The van der Waals surface area contributed by atoms with Crippen LogP contribution in [0.2, 0.25) is 0 Å². The van der Waals surface area contributed by atoms with Gasteiger partial charge in [0.25, 0.3) is 0 Å². The van der Waals surface area contributed by atoms with Crippen LogP contribution in [0.5, 0.6) is 0 Å². The van der Waals surface area contributed by atoms with Crippen LogP contribution < -0.4 is 0 Å². The maximum absolute atomic E-state index is 13.4. The van der Waals surface area contributed by atoms with Crippen LogP contribution in [0.15, 0.2) is 72.8 Å². The molecule has 0 atom stereocenters. The van der Waals surface area contributed by atoms with Crippen LogP contribution in [0.1, 0.15) is 27.0 Å². The summed E-state index contributed by atoms with van der Waals surface area (Å²) in [4.78, 5) is 13.4. The van der Waals surface area contributed by atoms with Crippen LogP contribution in [0.3, 0.4) is 0 Å². The van der Waals surface area contributed by atoms with Crippen molar-refractivity contribution in [3.05, 3.63) is 95.1 Å². The zero-order valence-electron chi connectivity index (χ0n) is 13.8. The van der Waals surface area contributed by atoms with E-state index >= 15 is 0 Å². The molecule has 0 N–H and O–H groups in total. The number of carbonyl (C=O) groups is 1. The van der Waals surface area contributed by atoms with Gasteiger partial charge in [0.15, 0.2) is 5.78 Å². The summed E-state index contributed by atoms with van der Waals surface area (Å²) < 4.78 is 0. The van der Waals surface area contributed by atoms with Crippen molar-refractivity contribution in [2.45, 2.75) is 13.8 Å². The summed E-state index contributed by atoms with van der Waals surface area (Å²) in [5.41, 5.74) is 3.77. The number of carbonyl (C=O) groups excluding carboxylic acids is 1. The maximum atomic E-state index is 13.4. The molecule has 0 aliphatic carbocycles. The van der Waals surface area contributed by atoms with Gasteiger partial charge in [-0.05, 0) is 58.7 Å². The van der Waals surface area contributed by atoms with Crippen LogP contribution in [0.4, 0.5) is 0 Å². The van der Waals surface area contributed by atoms with Crippen molar-refractivity contribution in [3.8, 4) is 0 Å². The van der Waals surface area contributed by atoms with Crippen molar-refractivity contribution in [2.75, 3.05) is 0 Å². The lowest BCUT2D eigenvalue weighted by molar-refractivity contribution is 0.104. The van der Waals surface area contributed by atoms with Gasteiger partial charge in [0, 0.05) is 11.1 Å². The van der Waals surface area contributed by atoms with E-state index in [1.807, 2.05) is 62.4 Å². The van der Waals surface area contributed by atoms with Gasteiger partial charge in [0.1, 0.15) is 0 Å². The number of hydrogen-bond donors (Lipinski definition) is 0. The molecule has 0 bridgehead atoms. The number of rotatable bonds is 2. The smallest absolute Gasteiger partial charge is 0.194 e. The summed E-state index contributed by atoms with van der Waals surface area (Å²) in [5, 5.41) is 4.24. The quantitative estimate of drug-likeness (QED) is 0.425. The van der Waals surface area contributed by atoms with E-state index in [0.717, 1.165) is 43.8 Å². The van der Waals surface area contributed by atoms with E-state index in [1.165, 1.54) is 0 Å². The van der Waals surface area contributed by atoms with E-state index in [-0.39, 0.29) is 5.78 Å². The standard InChI is InChI=1S/C23H18O/c1-15-11-17-7-3-5-9-19(17)21(13-15)23(24)22-14-16(2)12-18-8-4-6-10-20(18)22/h3-14H,1-2H3. The first kappa shape index (κ1) is 14.6. The highest BCUT2D eigenvalue weighted by Crippen LogP contribution is 2.27. The van der Waals surface area contributed by atoms with Gasteiger partial charge in [0.05, 0.1) is 0 Å². The molecule has 0 saturated heterocycles. The van der Waals surface area contributed by atoms with Crippen molar-refractivity contribution < 1.29 is 4.79 Å². The van der Waals surface area contributed by atoms with Gasteiger partial charge in [-0.3, -0.25) is 4.79 Å². The predicted octanol–water partition coefficient (Wildman–Crippen LogP) is 5.84. The summed E-state index contributed by atoms with van der Waals surface area (Å²) in [6.45, 7) is 4.08. The Morgan fingerprint density at radius 3 is 1.50 bits per heavy atom. The molecule has 0 radical (unpaired) electrons. The Hall–Kier alpha value is -2.93. The first-order valence-electron chi connectivity index (χ1n) is 8.17. The largest absolute Gasteiger partial charge is 0.289 e. The molecule has 0 aliphatic heterocycles. The molecule has 24 heavy (non-hydrogen) atoms. The SMILES string of the molecule is Cc1cc(C(=O)c2cc(C)cc3ccccc23)c2ccccc2c1. The van der Waals surface area contributed by atoms with Crippen LogP contribution >= 0.6 is 0 Å². The summed E-state index contributed by atoms with van der Waals surface area (Å²) in [6.07, 6.45) is 0. The van der Waals surface area contributed by atoms with Crippen molar-refractivity contribution in [2.24, 2.45) is 0 Å². The van der Waals surface area contributed by atoms with Gasteiger partial charge in [-0.2, -0.15) is 0 Å². The molecule has 4 rings (SSSR count). The molecule has 116 valence electrons. The lowest BCUT2D eigenvalue weighted by Crippen LogP contribution is -2.04. The highest BCUT2D eigenvalue weighted by atomic mass is 16.1. The van der Waals surface area contributed by atoms with E-state index in [1.54, 1.807) is 0 Å². The predicted molar refractivity (Wildman–Crippen MR) is 101 cm³/mol. The Kier molecular flexibility index (Phi) is 3.42. The number of fused-ring (bicyclic) bond motifs is 2. The number of hydrogen-bond acceptors (Lipinski definition) is 1. The topological polar surface area (TPSA) is 17.1 Å². The first-order valence-corrected chi connectivity index (χ1v) is 8.17. The molecule has 0 spiro atoms. The van der Waals surface area contributed by atoms with Crippen LogP contribution in [0, 0.1) is 13.8 Å². The van der Waals surface area contributed by atoms with Gasteiger partial charge in [-0.15, -0.1) is 0 Å². The van der Waals surface area contributed by atoms with Gasteiger partial charge >= 0.3 is 0 Å². The molecule has 0 amide bonds. The second-order valence-corrected chi connectivity index (χ2v) is 6.40. The molecule has 0 aliphatic rings. The summed E-state index contributed by atoms with van der Waals surface area (Å²) in [7, 11) is 0. The van der Waals surface area contributed by atoms with E-state index in [2.05, 4.69) is 24.3 Å². The second kappa shape index (κ2) is 5.61. The minimum absolute atomic E-state index is 0.0924. The first-order chi connectivity index (χ1) is 11.6. The number of aryl methyl sites for hydroxylation is 2. The Morgan fingerprint density at radius 2 is 1.04 bits per heavy atom. The van der Waals surface area contributed by atoms with E-state index in [9.17, 15) is 4.79 Å². The van der Waals surface area contributed by atoms with Gasteiger partial charge in [0.2, 0.25) is 0 Å². The summed E-state index contributed by atoms with van der Waals surface area (Å²) in [5.74, 6) is 0.0924. The summed E-state index contributed by atoms with van der Waals surface area (Å²) in [6, 6.07) is 24.4. The fourth-order valence-electron chi connectivity index (χ4n) is 3.44. The third kappa shape index (κ3) is 2.39. The average Bonchev–Trinajstić information content (AvgIpc) is 2.59. The second-order valence-electron chi connectivity index (χ2n) is 6.40. The monoisotopic (exact) mass is 310 g/mol. The third-order valence-corrected chi connectivity index (χ3v) is 4.50. The van der Waals surface area contributed by atoms with Gasteiger partial charge < -0.3 is 0 Å². The van der Waals surface area contributed by atoms with Gasteiger partial charge in [-0.1, -0.05) is 60.7 Å². The number of benzene rings is 4. The Balaban J connectivity index is 2.01. The minimum Gasteiger partial charge on any atom is -0.289 e. The van der Waals surface area contributed by atoms with Crippen LogP contribution in [0.25, 0.3) is 21.5 Å². The highest BCUT2D eigenvalue weighted by molar-refractivity contribution is 6.21. The minimum atomic E-state index is 0.0924. The van der Waals surface area contributed by atoms with E-state index in [4.69, 9.17) is 0 Å². The zero-order chi connectivity index (χ0) is 16.7. The van der Waals surface area contributed by atoms with Crippen molar-refractivity contribution in [3.63, 3.8) is 0 Å². The third-order valence-electron chi connectivity index (χ3n) is 4.50. The molecular formula is C23H18O. The Morgan fingerprint density at radius 1 is 0.625 bits per heavy atom. The maximum Gasteiger partial charge on any atom is 0.194 e. The fraction of sp³-hybridized carbons (Fsp3) is 0.0870. The molecule has 1 heteroatoms. The molecule has 0 heterocycles. The van der Waals surface area contributed by atoms with Crippen molar-refractivity contribution in [1.82, 2.24) is 0 Å². The molecule has 0 unspecified atom stereocenters. The summed E-state index contributed by atoms with van der Waals surface area (Å²) >= 11 is 0. The van der Waals surface area contributed by atoms with Crippen LogP contribution in [-0.4, -0.2) is 5.78 Å². The lowest BCUT2D eigenvalue weighted by atomic mass is 9.91.